The smallest absolute Gasteiger partial charge is 0.235 e. The van der Waals surface area contributed by atoms with Crippen molar-refractivity contribution in [1.29, 1.82) is 0 Å². The quantitative estimate of drug-likeness (QED) is 0.171. The molecule has 4 heterocycles. The average molecular weight is 711 g/mol. The van der Waals surface area contributed by atoms with Gasteiger partial charge in [0.2, 0.25) is 5.95 Å². The van der Waals surface area contributed by atoms with Crippen LogP contribution in [0.3, 0.4) is 0 Å². The van der Waals surface area contributed by atoms with Crippen molar-refractivity contribution < 1.29 is 0 Å². The van der Waals surface area contributed by atoms with Crippen molar-refractivity contribution in [2.45, 2.75) is 0 Å². The van der Waals surface area contributed by atoms with Crippen LogP contribution in [0.5, 0.6) is 0 Å². The van der Waals surface area contributed by atoms with Crippen LogP contribution in [0, 0.1) is 0 Å². The van der Waals surface area contributed by atoms with Crippen LogP contribution in [0.2, 0.25) is 0 Å². The van der Waals surface area contributed by atoms with Crippen LogP contribution in [-0.4, -0.2) is 18.9 Å². The number of nitrogens with zero attached hydrogens (tertiary/aromatic N) is 4. The van der Waals surface area contributed by atoms with Crippen molar-refractivity contribution in [3.63, 3.8) is 0 Å². The lowest BCUT2D eigenvalue weighted by Gasteiger charge is -2.14. The van der Waals surface area contributed by atoms with E-state index >= 15 is 0 Å². The molecular formula is C52H30N4. The third-order valence-corrected chi connectivity index (χ3v) is 12.1. The molecular weight excluding hydrogens is 681 g/mol. The fourth-order valence-corrected chi connectivity index (χ4v) is 9.57. The summed E-state index contributed by atoms with van der Waals surface area (Å²) in [4.78, 5) is 10.9. The molecule has 0 amide bonds. The molecule has 258 valence electrons. The highest BCUT2D eigenvalue weighted by atomic mass is 15.2. The van der Waals surface area contributed by atoms with Crippen molar-refractivity contribution in [2.24, 2.45) is 0 Å². The van der Waals surface area contributed by atoms with Gasteiger partial charge in [-0.2, -0.15) is 0 Å². The molecule has 0 saturated heterocycles. The maximum atomic E-state index is 5.50. The van der Waals surface area contributed by atoms with Gasteiger partial charge in [-0.1, -0.05) is 140 Å². The molecule has 13 rings (SSSR count). The third kappa shape index (κ3) is 3.97. The first-order chi connectivity index (χ1) is 27.8. The van der Waals surface area contributed by atoms with Gasteiger partial charge in [0.1, 0.15) is 0 Å². The summed E-state index contributed by atoms with van der Waals surface area (Å²) >= 11 is 0. The number of hydrogen-bond acceptors (Lipinski definition) is 2. The Labute approximate surface area is 320 Å². The highest BCUT2D eigenvalue weighted by Gasteiger charge is 2.21. The normalized spacial score (nSPS) is 12.3. The van der Waals surface area contributed by atoms with Gasteiger partial charge in [0.25, 0.3) is 0 Å². The average Bonchev–Trinajstić information content (AvgIpc) is 3.90. The number of hydrogen-bond donors (Lipinski definition) is 0. The Morgan fingerprint density at radius 1 is 0.339 bits per heavy atom. The van der Waals surface area contributed by atoms with E-state index in [4.69, 9.17) is 9.97 Å². The van der Waals surface area contributed by atoms with E-state index in [0.717, 1.165) is 44.0 Å². The Morgan fingerprint density at radius 2 is 0.875 bits per heavy atom. The zero-order valence-electron chi connectivity index (χ0n) is 30.1. The molecule has 0 aliphatic rings. The molecule has 9 aromatic carbocycles. The summed E-state index contributed by atoms with van der Waals surface area (Å²) in [7, 11) is 0. The van der Waals surface area contributed by atoms with E-state index in [2.05, 4.69) is 191 Å². The molecule has 0 spiro atoms. The van der Waals surface area contributed by atoms with Crippen molar-refractivity contribution in [1.82, 2.24) is 18.9 Å². The van der Waals surface area contributed by atoms with E-state index in [-0.39, 0.29) is 0 Å². The van der Waals surface area contributed by atoms with Crippen molar-refractivity contribution in [3.8, 4) is 28.3 Å². The van der Waals surface area contributed by atoms with Gasteiger partial charge in [-0.15, -0.1) is 0 Å². The van der Waals surface area contributed by atoms with E-state index in [1.165, 1.54) is 70.8 Å². The fourth-order valence-electron chi connectivity index (χ4n) is 9.57. The van der Waals surface area contributed by atoms with Crippen LogP contribution in [-0.2, 0) is 0 Å². The highest BCUT2D eigenvalue weighted by Crippen LogP contribution is 2.42. The van der Waals surface area contributed by atoms with E-state index in [0.29, 0.717) is 5.95 Å². The summed E-state index contributed by atoms with van der Waals surface area (Å²) in [5.41, 5.74) is 11.3. The first-order valence-electron chi connectivity index (χ1n) is 19.2. The number of rotatable bonds is 3. The van der Waals surface area contributed by atoms with Crippen LogP contribution in [0.15, 0.2) is 182 Å². The maximum absolute atomic E-state index is 5.50. The summed E-state index contributed by atoms with van der Waals surface area (Å²) in [5.74, 6) is 0.663. The van der Waals surface area contributed by atoms with Gasteiger partial charge in [-0.3, -0.25) is 4.57 Å². The van der Waals surface area contributed by atoms with E-state index in [1.54, 1.807) is 0 Å². The second-order valence-corrected chi connectivity index (χ2v) is 15.0. The fraction of sp³-hybridized carbons (Fsp3) is 0. The molecule has 0 atom stereocenters. The lowest BCUT2D eigenvalue weighted by atomic mass is 9.98. The largest absolute Gasteiger partial charge is 0.308 e. The lowest BCUT2D eigenvalue weighted by Crippen LogP contribution is -2.04. The third-order valence-electron chi connectivity index (χ3n) is 12.1. The van der Waals surface area contributed by atoms with E-state index in [1.807, 2.05) is 0 Å². The molecule has 0 radical (unpaired) electrons. The molecule has 4 aromatic heterocycles. The molecule has 0 N–H and O–H groups in total. The molecule has 13 aromatic rings. The minimum Gasteiger partial charge on any atom is -0.308 e. The van der Waals surface area contributed by atoms with Gasteiger partial charge in [-0.05, 0) is 69.8 Å². The van der Waals surface area contributed by atoms with Gasteiger partial charge < -0.3 is 4.40 Å². The predicted octanol–water partition coefficient (Wildman–Crippen LogP) is 13.5. The molecule has 0 aliphatic heterocycles. The second kappa shape index (κ2) is 11.0. The Morgan fingerprint density at radius 3 is 1.68 bits per heavy atom. The van der Waals surface area contributed by atoms with Gasteiger partial charge in [0.05, 0.1) is 38.8 Å². The minimum atomic E-state index is 0.663. The standard InChI is InChI=1S/C52H30N4/c1-3-14-35-31(11-1)13-9-18-39(35)50-42-26-23-32-12-2-4-15-36(32)49(42)53-52(54-50)56-46-22-8-6-17-38(46)43-29-33(25-28-48(43)56)34-24-27-47-44(30-34)41-20-10-19-40-37-16-5-7-21-45(37)55(47)51(40)41/h1-30H. The van der Waals surface area contributed by atoms with E-state index in [9.17, 15) is 0 Å². The van der Waals surface area contributed by atoms with Crippen molar-refractivity contribution >= 4 is 92.3 Å². The molecule has 0 unspecified atom stereocenters. The summed E-state index contributed by atoms with van der Waals surface area (Å²) in [5, 5.41) is 13.2. The summed E-state index contributed by atoms with van der Waals surface area (Å²) < 4.78 is 4.70. The van der Waals surface area contributed by atoms with E-state index < -0.39 is 0 Å². The van der Waals surface area contributed by atoms with Crippen LogP contribution in [0.4, 0.5) is 0 Å². The summed E-state index contributed by atoms with van der Waals surface area (Å²) in [6.07, 6.45) is 0. The highest BCUT2D eigenvalue weighted by molar-refractivity contribution is 6.24. The van der Waals surface area contributed by atoms with Gasteiger partial charge in [-0.25, -0.2) is 9.97 Å². The first kappa shape index (κ1) is 29.8. The molecule has 4 nitrogen and oxygen atoms in total. The van der Waals surface area contributed by atoms with Gasteiger partial charge in [0, 0.05) is 48.7 Å². The maximum Gasteiger partial charge on any atom is 0.235 e. The molecule has 56 heavy (non-hydrogen) atoms. The summed E-state index contributed by atoms with van der Waals surface area (Å²) in [6, 6.07) is 65.9. The Balaban J connectivity index is 1.06. The summed E-state index contributed by atoms with van der Waals surface area (Å²) in [6.45, 7) is 0. The Bertz CT molecular complexity index is 3770. The van der Waals surface area contributed by atoms with Crippen LogP contribution in [0.25, 0.3) is 121 Å². The number of fused-ring (bicyclic) bond motifs is 13. The minimum absolute atomic E-state index is 0.663. The SMILES string of the molecule is c1ccc2c(-c3nc(-n4c5ccccc5c5cc(-c6ccc7c(c6)c6cccc8c9ccccc9n7c86)ccc54)nc4c3ccc3ccccc34)cccc2c1. The number of aromatic nitrogens is 4. The molecule has 4 heteroatoms. The molecule has 0 bridgehead atoms. The van der Waals surface area contributed by atoms with Crippen LogP contribution in [0.1, 0.15) is 0 Å². The monoisotopic (exact) mass is 710 g/mol. The second-order valence-electron chi connectivity index (χ2n) is 15.0. The number of benzene rings is 9. The molecule has 0 aliphatic carbocycles. The predicted molar refractivity (Wildman–Crippen MR) is 234 cm³/mol. The van der Waals surface area contributed by atoms with Crippen molar-refractivity contribution in [3.05, 3.63) is 182 Å². The zero-order valence-corrected chi connectivity index (χ0v) is 30.1. The van der Waals surface area contributed by atoms with Crippen molar-refractivity contribution in [2.75, 3.05) is 0 Å². The number of para-hydroxylation sites is 3. The van der Waals surface area contributed by atoms with Gasteiger partial charge >= 0.3 is 0 Å². The lowest BCUT2D eigenvalue weighted by molar-refractivity contribution is 1.02. The van der Waals surface area contributed by atoms with Gasteiger partial charge in [0.15, 0.2) is 0 Å². The van der Waals surface area contributed by atoms with Crippen LogP contribution >= 0.6 is 0 Å². The zero-order chi connectivity index (χ0) is 36.5. The molecule has 0 fully saturated rings. The Hall–Kier alpha value is -7.56. The molecule has 0 saturated carbocycles. The van der Waals surface area contributed by atoms with Crippen LogP contribution < -0.4 is 0 Å². The first-order valence-corrected chi connectivity index (χ1v) is 19.2. The Kier molecular flexibility index (Phi) is 5.86. The topological polar surface area (TPSA) is 35.1 Å².